The summed E-state index contributed by atoms with van der Waals surface area (Å²) in [6, 6.07) is 9.94. The summed E-state index contributed by atoms with van der Waals surface area (Å²) < 4.78 is 33.1. The molecule has 1 fully saturated rings. The monoisotopic (exact) mass is 392 g/mol. The lowest BCUT2D eigenvalue weighted by Crippen LogP contribution is -2.40. The Morgan fingerprint density at radius 1 is 1.26 bits per heavy atom. The number of aromatic nitrogens is 2. The van der Waals surface area contributed by atoms with Crippen molar-refractivity contribution < 1.29 is 17.9 Å². The van der Waals surface area contributed by atoms with Crippen molar-refractivity contribution in [1.29, 1.82) is 0 Å². The number of imidazole rings is 1. The number of nitrogens with one attached hydrogen (secondary N) is 1. The van der Waals surface area contributed by atoms with Crippen molar-refractivity contribution in [1.82, 2.24) is 19.2 Å². The van der Waals surface area contributed by atoms with Gasteiger partial charge in [0.05, 0.1) is 19.5 Å². The van der Waals surface area contributed by atoms with Crippen LogP contribution in [0.5, 0.6) is 0 Å². The fourth-order valence-corrected chi connectivity index (χ4v) is 4.21. The number of nitrogens with zero attached hydrogens (tertiary/aromatic N) is 3. The predicted molar refractivity (Wildman–Crippen MR) is 99.7 cm³/mol. The number of sulfonamides is 1. The van der Waals surface area contributed by atoms with Crippen molar-refractivity contribution in [3.63, 3.8) is 0 Å². The standard InChI is InChI=1S/C18H24N4O4S/c1-15(16-5-3-2-4-6-16)11-19-17(23)12-21-13-18(20-14-21)27(24,25)22-7-9-26-10-8-22/h2-6,13-15H,7-12H2,1H3,(H,19,23)/t15-/m1/s1. The van der Waals surface area contributed by atoms with E-state index in [2.05, 4.69) is 10.3 Å². The molecule has 8 nitrogen and oxygen atoms in total. The van der Waals surface area contributed by atoms with Gasteiger partial charge in [0.25, 0.3) is 10.0 Å². The maximum Gasteiger partial charge on any atom is 0.262 e. The van der Waals surface area contributed by atoms with Gasteiger partial charge in [0.15, 0.2) is 5.03 Å². The molecule has 27 heavy (non-hydrogen) atoms. The summed E-state index contributed by atoms with van der Waals surface area (Å²) in [6.45, 7) is 3.95. The van der Waals surface area contributed by atoms with Gasteiger partial charge >= 0.3 is 0 Å². The van der Waals surface area contributed by atoms with Gasteiger partial charge in [-0.05, 0) is 11.5 Å². The summed E-state index contributed by atoms with van der Waals surface area (Å²) in [4.78, 5) is 16.1. The molecule has 0 saturated carbocycles. The van der Waals surface area contributed by atoms with Crippen LogP contribution in [-0.4, -0.2) is 61.0 Å². The maximum absolute atomic E-state index is 12.6. The molecule has 1 aromatic heterocycles. The second-order valence-corrected chi connectivity index (χ2v) is 8.40. The van der Waals surface area contributed by atoms with Crippen LogP contribution in [0.4, 0.5) is 0 Å². The molecule has 1 aliphatic heterocycles. The van der Waals surface area contributed by atoms with E-state index >= 15 is 0 Å². The van der Waals surface area contributed by atoms with E-state index in [1.807, 2.05) is 37.3 Å². The first-order chi connectivity index (χ1) is 13.0. The first-order valence-electron chi connectivity index (χ1n) is 8.88. The first kappa shape index (κ1) is 19.5. The molecular weight excluding hydrogens is 368 g/mol. The van der Waals surface area contributed by atoms with Gasteiger partial charge in [-0.1, -0.05) is 37.3 Å². The number of hydrogen-bond donors (Lipinski definition) is 1. The molecule has 0 spiro atoms. The molecule has 9 heteroatoms. The number of morpholine rings is 1. The van der Waals surface area contributed by atoms with Crippen LogP contribution in [0.3, 0.4) is 0 Å². The number of amides is 1. The molecule has 2 heterocycles. The van der Waals surface area contributed by atoms with Gasteiger partial charge in [0.2, 0.25) is 5.91 Å². The van der Waals surface area contributed by atoms with Crippen molar-refractivity contribution in [2.45, 2.75) is 24.4 Å². The number of hydrogen-bond acceptors (Lipinski definition) is 5. The summed E-state index contributed by atoms with van der Waals surface area (Å²) in [7, 11) is -3.65. The van der Waals surface area contributed by atoms with Crippen molar-refractivity contribution in [2.75, 3.05) is 32.8 Å². The fourth-order valence-electron chi connectivity index (χ4n) is 2.87. The van der Waals surface area contributed by atoms with E-state index in [0.29, 0.717) is 32.8 Å². The smallest absolute Gasteiger partial charge is 0.262 e. The second kappa shape index (κ2) is 8.64. The normalized spacial score (nSPS) is 16.8. The quantitative estimate of drug-likeness (QED) is 0.753. The molecule has 1 amide bonds. The molecule has 146 valence electrons. The molecule has 0 unspecified atom stereocenters. The minimum Gasteiger partial charge on any atom is -0.379 e. The second-order valence-electron chi connectivity index (χ2n) is 6.52. The molecule has 0 aliphatic carbocycles. The van der Waals surface area contributed by atoms with Gasteiger partial charge in [-0.15, -0.1) is 0 Å². The third kappa shape index (κ3) is 4.94. The average Bonchev–Trinajstić information content (AvgIpc) is 3.17. The van der Waals surface area contributed by atoms with Crippen molar-refractivity contribution in [3.8, 4) is 0 Å². The third-order valence-corrected chi connectivity index (χ3v) is 6.27. The molecule has 3 rings (SSSR count). The van der Waals surface area contributed by atoms with Gasteiger partial charge in [-0.25, -0.2) is 13.4 Å². The number of rotatable bonds is 7. The van der Waals surface area contributed by atoms with Crippen LogP contribution >= 0.6 is 0 Å². The van der Waals surface area contributed by atoms with E-state index < -0.39 is 10.0 Å². The SMILES string of the molecule is C[C@H](CNC(=O)Cn1cnc(S(=O)(=O)N2CCOCC2)c1)c1ccccc1. The third-order valence-electron chi connectivity index (χ3n) is 4.48. The Bertz CT molecular complexity index is 860. The van der Waals surface area contributed by atoms with Crippen LogP contribution < -0.4 is 5.32 Å². The summed E-state index contributed by atoms with van der Waals surface area (Å²) in [6.07, 6.45) is 2.76. The van der Waals surface area contributed by atoms with Crippen molar-refractivity contribution in [3.05, 3.63) is 48.4 Å². The highest BCUT2D eigenvalue weighted by molar-refractivity contribution is 7.89. The minimum absolute atomic E-state index is 0.0210. The van der Waals surface area contributed by atoms with E-state index in [0.717, 1.165) is 5.56 Å². The lowest BCUT2D eigenvalue weighted by molar-refractivity contribution is -0.121. The Morgan fingerprint density at radius 3 is 2.67 bits per heavy atom. The summed E-state index contributed by atoms with van der Waals surface area (Å²) in [5, 5.41) is 2.83. The van der Waals surface area contributed by atoms with Crippen LogP contribution in [0.1, 0.15) is 18.4 Å². The lowest BCUT2D eigenvalue weighted by atomic mass is 10.0. The highest BCUT2D eigenvalue weighted by Crippen LogP contribution is 2.15. The largest absolute Gasteiger partial charge is 0.379 e. The Labute approximate surface area is 159 Å². The van der Waals surface area contributed by atoms with Gasteiger partial charge in [-0.2, -0.15) is 4.31 Å². The number of ether oxygens (including phenoxy) is 1. The van der Waals surface area contributed by atoms with Crippen LogP contribution in [-0.2, 0) is 26.1 Å². The molecule has 0 bridgehead atoms. The zero-order chi connectivity index (χ0) is 19.3. The maximum atomic E-state index is 12.6. The first-order valence-corrected chi connectivity index (χ1v) is 10.3. The Balaban J connectivity index is 1.55. The molecule has 0 radical (unpaired) electrons. The highest BCUT2D eigenvalue weighted by atomic mass is 32.2. The van der Waals surface area contributed by atoms with Crippen LogP contribution in [0.15, 0.2) is 47.9 Å². The average molecular weight is 392 g/mol. The molecule has 1 atom stereocenters. The highest BCUT2D eigenvalue weighted by Gasteiger charge is 2.28. The van der Waals surface area contributed by atoms with E-state index in [1.54, 1.807) is 0 Å². The van der Waals surface area contributed by atoms with Crippen LogP contribution in [0, 0.1) is 0 Å². The van der Waals surface area contributed by atoms with Gasteiger partial charge in [0.1, 0.15) is 6.54 Å². The van der Waals surface area contributed by atoms with Crippen LogP contribution in [0.25, 0.3) is 0 Å². The lowest BCUT2D eigenvalue weighted by Gasteiger charge is -2.24. The summed E-state index contributed by atoms with van der Waals surface area (Å²) >= 11 is 0. The Morgan fingerprint density at radius 2 is 1.96 bits per heavy atom. The molecular formula is C18H24N4O4S. The Hall–Kier alpha value is -2.23. The molecule has 1 aromatic carbocycles. The number of benzene rings is 1. The minimum atomic E-state index is -3.65. The molecule has 1 aliphatic rings. The van der Waals surface area contributed by atoms with E-state index in [4.69, 9.17) is 4.74 Å². The van der Waals surface area contributed by atoms with Crippen LogP contribution in [0.2, 0.25) is 0 Å². The van der Waals surface area contributed by atoms with E-state index in [1.165, 1.54) is 21.4 Å². The predicted octanol–water partition coefficient (Wildman–Crippen LogP) is 0.824. The summed E-state index contributed by atoms with van der Waals surface area (Å²) in [5.41, 5.74) is 1.15. The van der Waals surface area contributed by atoms with E-state index in [9.17, 15) is 13.2 Å². The number of carbonyl (C=O) groups excluding carboxylic acids is 1. The van der Waals surface area contributed by atoms with Gasteiger partial charge < -0.3 is 14.6 Å². The van der Waals surface area contributed by atoms with Crippen molar-refractivity contribution in [2.24, 2.45) is 0 Å². The topological polar surface area (TPSA) is 93.5 Å². The zero-order valence-corrected chi connectivity index (χ0v) is 16.1. The molecule has 1 saturated heterocycles. The van der Waals surface area contributed by atoms with Crippen molar-refractivity contribution >= 4 is 15.9 Å². The Kier molecular flexibility index (Phi) is 6.25. The van der Waals surface area contributed by atoms with Gasteiger partial charge in [0, 0.05) is 25.8 Å². The van der Waals surface area contributed by atoms with E-state index in [-0.39, 0.29) is 23.4 Å². The fraction of sp³-hybridized carbons (Fsp3) is 0.444. The summed E-state index contributed by atoms with van der Waals surface area (Å²) in [5.74, 6) is 0.000646. The van der Waals surface area contributed by atoms with Gasteiger partial charge in [-0.3, -0.25) is 4.79 Å². The molecule has 2 aromatic rings. The number of carbonyl (C=O) groups is 1. The zero-order valence-electron chi connectivity index (χ0n) is 15.2. The molecule has 1 N–H and O–H groups in total.